The van der Waals surface area contributed by atoms with Gasteiger partial charge in [-0.2, -0.15) is 9.19 Å². The van der Waals surface area contributed by atoms with E-state index >= 15 is 0 Å². The van der Waals surface area contributed by atoms with E-state index in [1.54, 1.807) is 29.4 Å². The summed E-state index contributed by atoms with van der Waals surface area (Å²) in [6.45, 7) is 0.217. The Bertz CT molecular complexity index is 1100. The highest BCUT2D eigenvalue weighted by Crippen LogP contribution is 2.34. The summed E-state index contributed by atoms with van der Waals surface area (Å²) >= 11 is 0. The van der Waals surface area contributed by atoms with Crippen LogP contribution in [0.25, 0.3) is 5.70 Å². The van der Waals surface area contributed by atoms with Gasteiger partial charge < -0.3 is 0 Å². The number of nitrogens with one attached hydrogen (secondary N) is 1. The van der Waals surface area contributed by atoms with E-state index in [-0.39, 0.29) is 12.4 Å². The number of nitrogens with two attached hydrogens (primary N) is 1. The fourth-order valence-corrected chi connectivity index (χ4v) is 3.33. The quantitative estimate of drug-likeness (QED) is 0.736. The second kappa shape index (κ2) is 6.21. The predicted molar refractivity (Wildman–Crippen MR) is 97.1 cm³/mol. The average molecular weight is 389 g/mol. The molecular formula is C16H16FN7O2S. The lowest BCUT2D eigenvalue weighted by molar-refractivity contribution is 0.298. The number of aromatic nitrogens is 2. The Morgan fingerprint density at radius 3 is 2.78 bits per heavy atom. The Kier molecular flexibility index (Phi) is 3.97. The molecule has 0 saturated heterocycles. The summed E-state index contributed by atoms with van der Waals surface area (Å²) in [4.78, 5) is 4.32. The highest BCUT2D eigenvalue weighted by molar-refractivity contribution is 7.89. The van der Waals surface area contributed by atoms with Crippen molar-refractivity contribution < 1.29 is 12.8 Å². The lowest BCUT2D eigenvalue weighted by atomic mass is 10.2. The van der Waals surface area contributed by atoms with E-state index in [0.29, 0.717) is 28.2 Å². The van der Waals surface area contributed by atoms with Crippen LogP contribution in [0.4, 0.5) is 4.39 Å². The van der Waals surface area contributed by atoms with Crippen LogP contribution in [-0.2, 0) is 16.6 Å². The van der Waals surface area contributed by atoms with Crippen molar-refractivity contribution in [2.45, 2.75) is 6.54 Å². The highest BCUT2D eigenvalue weighted by atomic mass is 32.2. The minimum atomic E-state index is -3.51. The zero-order valence-corrected chi connectivity index (χ0v) is 15.1. The maximum atomic E-state index is 14.1. The summed E-state index contributed by atoms with van der Waals surface area (Å²) in [5.41, 5.74) is 5.89. The minimum absolute atomic E-state index is 0.217. The van der Waals surface area contributed by atoms with E-state index < -0.39 is 10.0 Å². The van der Waals surface area contributed by atoms with Gasteiger partial charge in [0.05, 0.1) is 30.9 Å². The normalized spacial score (nSPS) is 16.5. The zero-order chi connectivity index (χ0) is 19.2. The number of hydrogen-bond donors (Lipinski definition) is 2. The Morgan fingerprint density at radius 2 is 2.07 bits per heavy atom. The maximum absolute atomic E-state index is 14.1. The van der Waals surface area contributed by atoms with Gasteiger partial charge >= 0.3 is 0 Å². The molecule has 2 aliphatic heterocycles. The van der Waals surface area contributed by atoms with Crippen LogP contribution in [0, 0.1) is 5.82 Å². The molecule has 0 saturated carbocycles. The standard InChI is InChI=1S/C16H16FN7O2S/c1-27(25,26)24-8-12(6-20-24)15-16-14(9-22(18)10-19-16)23(21-15)7-11-4-2-3-5-13(11)17/h2-6,8-10,21H,7,18H2,1H3. The monoisotopic (exact) mass is 389 g/mol. The number of halogens is 1. The molecule has 0 amide bonds. The molecule has 0 radical (unpaired) electrons. The van der Waals surface area contributed by atoms with Gasteiger partial charge in [-0.05, 0) is 6.07 Å². The van der Waals surface area contributed by atoms with Crippen molar-refractivity contribution >= 4 is 22.1 Å². The van der Waals surface area contributed by atoms with Crippen LogP contribution in [0.3, 0.4) is 0 Å². The van der Waals surface area contributed by atoms with Crippen LogP contribution in [0.1, 0.15) is 11.1 Å². The van der Waals surface area contributed by atoms with Gasteiger partial charge in [0.15, 0.2) is 0 Å². The molecule has 2 aromatic rings. The summed E-state index contributed by atoms with van der Waals surface area (Å²) in [6, 6.07) is 6.45. The van der Waals surface area contributed by atoms with Crippen molar-refractivity contribution in [1.82, 2.24) is 24.6 Å². The molecule has 0 aliphatic carbocycles. The molecule has 0 unspecified atom stereocenters. The molecule has 4 rings (SSSR count). The molecule has 1 aromatic heterocycles. The first-order valence-corrected chi connectivity index (χ1v) is 9.74. The van der Waals surface area contributed by atoms with Crippen molar-refractivity contribution in [3.8, 4) is 0 Å². The van der Waals surface area contributed by atoms with Gasteiger partial charge in [0.1, 0.15) is 23.5 Å². The van der Waals surface area contributed by atoms with Gasteiger partial charge in [0, 0.05) is 17.3 Å². The van der Waals surface area contributed by atoms with Crippen molar-refractivity contribution in [3.63, 3.8) is 0 Å². The molecule has 9 nitrogen and oxygen atoms in total. The largest absolute Gasteiger partial charge is 0.295 e. The molecular weight excluding hydrogens is 373 g/mol. The van der Waals surface area contributed by atoms with Crippen LogP contribution in [0.2, 0.25) is 0 Å². The third-order valence-corrected chi connectivity index (χ3v) is 4.96. The van der Waals surface area contributed by atoms with Crippen LogP contribution in [0.15, 0.2) is 59.2 Å². The Balaban J connectivity index is 1.71. The van der Waals surface area contributed by atoms with Gasteiger partial charge in [-0.15, -0.1) is 0 Å². The van der Waals surface area contributed by atoms with E-state index in [9.17, 15) is 12.8 Å². The zero-order valence-electron chi connectivity index (χ0n) is 14.2. The molecule has 11 heteroatoms. The van der Waals surface area contributed by atoms with E-state index in [4.69, 9.17) is 5.84 Å². The third-order valence-electron chi connectivity index (χ3n) is 4.08. The average Bonchev–Trinajstić information content (AvgIpc) is 3.22. The molecule has 1 aromatic carbocycles. The van der Waals surface area contributed by atoms with Crippen LogP contribution in [-0.4, -0.2) is 40.2 Å². The summed E-state index contributed by atoms with van der Waals surface area (Å²) in [7, 11) is -3.51. The minimum Gasteiger partial charge on any atom is -0.295 e. The van der Waals surface area contributed by atoms with E-state index in [1.165, 1.54) is 29.8 Å². The lowest BCUT2D eigenvalue weighted by Gasteiger charge is -2.24. The van der Waals surface area contributed by atoms with Crippen LogP contribution >= 0.6 is 0 Å². The molecule has 3 heterocycles. The summed E-state index contributed by atoms with van der Waals surface area (Å²) in [5.74, 6) is 5.45. The first-order valence-electron chi connectivity index (χ1n) is 7.90. The Morgan fingerprint density at radius 1 is 1.30 bits per heavy atom. The highest BCUT2D eigenvalue weighted by Gasteiger charge is 2.31. The number of hydrogen-bond acceptors (Lipinski definition) is 8. The van der Waals surface area contributed by atoms with Gasteiger partial charge in [-0.25, -0.2) is 23.6 Å². The number of aliphatic imine (C=N–C) groups is 1. The molecule has 0 spiro atoms. The first-order chi connectivity index (χ1) is 12.8. The molecule has 0 atom stereocenters. The van der Waals surface area contributed by atoms with Crippen LogP contribution < -0.4 is 11.3 Å². The van der Waals surface area contributed by atoms with E-state index in [1.807, 2.05) is 0 Å². The molecule has 0 bridgehead atoms. The maximum Gasteiger partial charge on any atom is 0.250 e. The number of rotatable bonds is 4. The van der Waals surface area contributed by atoms with Gasteiger partial charge in [0.25, 0.3) is 10.0 Å². The molecule has 3 N–H and O–H groups in total. The van der Waals surface area contributed by atoms with Crippen molar-refractivity contribution in [2.24, 2.45) is 10.8 Å². The van der Waals surface area contributed by atoms with Crippen LogP contribution in [0.5, 0.6) is 0 Å². The van der Waals surface area contributed by atoms with E-state index in [0.717, 1.165) is 10.3 Å². The smallest absolute Gasteiger partial charge is 0.250 e. The number of hydrazine groups is 2. The summed E-state index contributed by atoms with van der Waals surface area (Å²) in [6.07, 6.45) is 6.94. The molecule has 140 valence electrons. The van der Waals surface area contributed by atoms with Crippen molar-refractivity contribution in [2.75, 3.05) is 6.26 Å². The number of nitrogens with zero attached hydrogens (tertiary/aromatic N) is 5. The van der Waals surface area contributed by atoms with E-state index in [2.05, 4.69) is 15.5 Å². The molecule has 2 aliphatic rings. The summed E-state index contributed by atoms with van der Waals surface area (Å²) in [5, 5.41) is 6.86. The second-order valence-electron chi connectivity index (χ2n) is 6.08. The Labute approximate surface area is 154 Å². The molecule has 27 heavy (non-hydrogen) atoms. The fraction of sp³-hybridized carbons (Fsp3) is 0.125. The van der Waals surface area contributed by atoms with Crippen molar-refractivity contribution in [3.05, 3.63) is 71.2 Å². The van der Waals surface area contributed by atoms with Crippen molar-refractivity contribution in [1.29, 1.82) is 0 Å². The number of fused-ring (bicyclic) bond motifs is 1. The second-order valence-corrected chi connectivity index (χ2v) is 7.92. The summed E-state index contributed by atoms with van der Waals surface area (Å²) < 4.78 is 38.3. The Hall–Kier alpha value is -3.18. The number of benzene rings is 1. The SMILES string of the molecule is CS(=O)(=O)n1cc(C2=C3N=CN(N)C=C3N(Cc3ccccc3F)N2)cn1. The topological polar surface area (TPSA) is 109 Å². The predicted octanol–water partition coefficient (Wildman–Crippen LogP) is 0.578. The van der Waals surface area contributed by atoms with Gasteiger partial charge in [0.2, 0.25) is 0 Å². The lowest BCUT2D eigenvalue weighted by Crippen LogP contribution is -2.33. The first kappa shape index (κ1) is 17.2. The van der Waals surface area contributed by atoms with Gasteiger partial charge in [-0.3, -0.25) is 15.4 Å². The fourth-order valence-electron chi connectivity index (χ4n) is 2.80. The molecule has 0 fully saturated rings. The third kappa shape index (κ3) is 3.17. The van der Waals surface area contributed by atoms with Gasteiger partial charge in [-0.1, -0.05) is 18.2 Å².